The average Bonchev–Trinajstić information content (AvgIpc) is 2.89. The molecule has 0 saturated carbocycles. The summed E-state index contributed by atoms with van der Waals surface area (Å²) in [6.45, 7) is 9.61. The first kappa shape index (κ1) is 21.8. The summed E-state index contributed by atoms with van der Waals surface area (Å²) >= 11 is 0. The van der Waals surface area contributed by atoms with Gasteiger partial charge in [-0.1, -0.05) is 31.5 Å². The number of ether oxygens (including phenoxy) is 1. The minimum atomic E-state index is -3.88. The lowest BCUT2D eigenvalue weighted by atomic mass is 10.0. The highest BCUT2D eigenvalue weighted by Gasteiger charge is 2.33. The van der Waals surface area contributed by atoms with Crippen LogP contribution in [-0.4, -0.2) is 44.4 Å². The molecule has 0 spiro atoms. The number of benzene rings is 1. The molecule has 1 saturated heterocycles. The molecule has 1 aromatic rings. The third-order valence-corrected chi connectivity index (χ3v) is 6.36. The highest BCUT2D eigenvalue weighted by Crippen LogP contribution is 2.23. The third-order valence-electron chi connectivity index (χ3n) is 4.58. The van der Waals surface area contributed by atoms with Crippen molar-refractivity contribution >= 4 is 15.9 Å². The number of sulfonamides is 1. The maximum Gasteiger partial charge on any atom is 0.241 e. The standard InChI is InChI=1S/C19H30N2O5S/c1-11(2)8-16(18(22)20-15-6-7-26-19(15)23)21-27(24,25)17-13(4)9-12(3)10-14(17)5/h9-11,15-16,19,21,23H,6-8H2,1-5H3,(H,20,22)/t15-,16-,19?/m0/s1. The van der Waals surface area contributed by atoms with Gasteiger partial charge < -0.3 is 15.2 Å². The van der Waals surface area contributed by atoms with Gasteiger partial charge in [-0.25, -0.2) is 8.42 Å². The Morgan fingerprint density at radius 1 is 1.26 bits per heavy atom. The van der Waals surface area contributed by atoms with Crippen LogP contribution < -0.4 is 10.0 Å². The number of aliphatic hydroxyl groups is 1. The lowest BCUT2D eigenvalue weighted by Gasteiger charge is -2.24. The van der Waals surface area contributed by atoms with Crippen LogP contribution in [0.15, 0.2) is 17.0 Å². The fraction of sp³-hybridized carbons (Fsp3) is 0.632. The molecule has 27 heavy (non-hydrogen) atoms. The number of hydrogen-bond donors (Lipinski definition) is 3. The number of amides is 1. The fourth-order valence-electron chi connectivity index (χ4n) is 3.52. The maximum atomic E-state index is 13.0. The Labute approximate surface area is 161 Å². The van der Waals surface area contributed by atoms with E-state index < -0.39 is 34.3 Å². The van der Waals surface area contributed by atoms with E-state index in [0.29, 0.717) is 30.6 Å². The Hall–Kier alpha value is -1.48. The lowest BCUT2D eigenvalue weighted by Crippen LogP contribution is -2.51. The van der Waals surface area contributed by atoms with E-state index in [9.17, 15) is 18.3 Å². The predicted octanol–water partition coefficient (Wildman–Crippen LogP) is 1.53. The zero-order chi connectivity index (χ0) is 20.4. The van der Waals surface area contributed by atoms with Crippen molar-refractivity contribution in [1.82, 2.24) is 10.0 Å². The van der Waals surface area contributed by atoms with Crippen molar-refractivity contribution in [3.8, 4) is 0 Å². The van der Waals surface area contributed by atoms with Crippen molar-refractivity contribution in [1.29, 1.82) is 0 Å². The van der Waals surface area contributed by atoms with Crippen molar-refractivity contribution in [2.45, 2.75) is 70.7 Å². The average molecular weight is 399 g/mol. The van der Waals surface area contributed by atoms with Crippen LogP contribution in [0.3, 0.4) is 0 Å². The normalized spacial score (nSPS) is 21.4. The summed E-state index contributed by atoms with van der Waals surface area (Å²) in [7, 11) is -3.88. The molecule has 1 heterocycles. The van der Waals surface area contributed by atoms with Gasteiger partial charge in [-0.15, -0.1) is 0 Å². The van der Waals surface area contributed by atoms with Crippen molar-refractivity contribution in [2.75, 3.05) is 6.61 Å². The first-order chi connectivity index (χ1) is 12.5. The van der Waals surface area contributed by atoms with E-state index in [1.165, 1.54) is 0 Å². The van der Waals surface area contributed by atoms with Gasteiger partial charge in [0, 0.05) is 0 Å². The molecule has 0 bridgehead atoms. The first-order valence-electron chi connectivity index (χ1n) is 9.21. The van der Waals surface area contributed by atoms with Gasteiger partial charge in [0.2, 0.25) is 15.9 Å². The van der Waals surface area contributed by atoms with E-state index in [1.807, 2.05) is 32.9 Å². The van der Waals surface area contributed by atoms with Crippen LogP contribution in [0, 0.1) is 26.7 Å². The molecule has 7 nitrogen and oxygen atoms in total. The summed E-state index contributed by atoms with van der Waals surface area (Å²) in [6.07, 6.45) is -0.227. The number of rotatable bonds is 7. The molecule has 1 aromatic carbocycles. The molecule has 0 radical (unpaired) electrons. The number of aryl methyl sites for hydroxylation is 3. The monoisotopic (exact) mass is 398 g/mol. The summed E-state index contributed by atoms with van der Waals surface area (Å²) < 4.78 is 33.6. The smallest absolute Gasteiger partial charge is 0.241 e. The van der Waals surface area contributed by atoms with Crippen molar-refractivity contribution in [2.24, 2.45) is 5.92 Å². The van der Waals surface area contributed by atoms with E-state index in [4.69, 9.17) is 4.74 Å². The maximum absolute atomic E-state index is 13.0. The first-order valence-corrected chi connectivity index (χ1v) is 10.7. The molecule has 0 aromatic heterocycles. The van der Waals surface area contributed by atoms with Crippen LogP contribution >= 0.6 is 0 Å². The highest BCUT2D eigenvalue weighted by molar-refractivity contribution is 7.89. The van der Waals surface area contributed by atoms with Gasteiger partial charge in [-0.2, -0.15) is 4.72 Å². The van der Waals surface area contributed by atoms with E-state index in [-0.39, 0.29) is 10.8 Å². The van der Waals surface area contributed by atoms with Crippen LogP contribution in [0.25, 0.3) is 0 Å². The molecule has 1 unspecified atom stereocenters. The summed E-state index contributed by atoms with van der Waals surface area (Å²) in [5, 5.41) is 12.4. The fourth-order valence-corrected chi connectivity index (χ4v) is 5.18. The van der Waals surface area contributed by atoms with Crippen molar-refractivity contribution in [3.63, 3.8) is 0 Å². The van der Waals surface area contributed by atoms with E-state index in [0.717, 1.165) is 5.56 Å². The number of hydrogen-bond acceptors (Lipinski definition) is 5. The predicted molar refractivity (Wildman–Crippen MR) is 103 cm³/mol. The molecule has 152 valence electrons. The van der Waals surface area contributed by atoms with E-state index in [2.05, 4.69) is 10.0 Å². The summed E-state index contributed by atoms with van der Waals surface area (Å²) in [6, 6.07) is 2.17. The Bertz CT molecular complexity index is 768. The molecule has 1 aliphatic heterocycles. The summed E-state index contributed by atoms with van der Waals surface area (Å²) in [5.41, 5.74) is 2.27. The second kappa shape index (κ2) is 8.68. The SMILES string of the molecule is Cc1cc(C)c(S(=O)(=O)N[C@@H](CC(C)C)C(=O)N[C@H]2CCOC2O)c(C)c1. The van der Waals surface area contributed by atoms with Crippen LogP contribution in [0.4, 0.5) is 0 Å². The van der Waals surface area contributed by atoms with Gasteiger partial charge in [-0.3, -0.25) is 4.79 Å². The molecule has 3 N–H and O–H groups in total. The number of carbonyl (C=O) groups excluding carboxylic acids is 1. The molecule has 2 rings (SSSR count). The topological polar surface area (TPSA) is 105 Å². The summed E-state index contributed by atoms with van der Waals surface area (Å²) in [4.78, 5) is 12.9. The third kappa shape index (κ3) is 5.51. The molecular formula is C19H30N2O5S. The number of carbonyl (C=O) groups is 1. The van der Waals surface area contributed by atoms with Gasteiger partial charge in [0.25, 0.3) is 0 Å². The van der Waals surface area contributed by atoms with Gasteiger partial charge in [0.1, 0.15) is 6.04 Å². The lowest BCUT2D eigenvalue weighted by molar-refractivity contribution is -0.127. The van der Waals surface area contributed by atoms with Crippen molar-refractivity contribution < 1.29 is 23.1 Å². The van der Waals surface area contributed by atoms with Gasteiger partial charge in [0.05, 0.1) is 17.5 Å². The Balaban J connectivity index is 2.25. The van der Waals surface area contributed by atoms with Crippen LogP contribution in [0.2, 0.25) is 0 Å². The Morgan fingerprint density at radius 3 is 2.33 bits per heavy atom. The van der Waals surface area contributed by atoms with Gasteiger partial charge in [-0.05, 0) is 50.7 Å². The summed E-state index contributed by atoms with van der Waals surface area (Å²) in [5.74, 6) is -0.349. The molecular weight excluding hydrogens is 368 g/mol. The Kier molecular flexibility index (Phi) is 7.02. The second-order valence-electron chi connectivity index (χ2n) is 7.70. The quantitative estimate of drug-likeness (QED) is 0.646. The molecule has 0 aliphatic carbocycles. The molecule has 3 atom stereocenters. The van der Waals surface area contributed by atoms with Crippen LogP contribution in [0.5, 0.6) is 0 Å². The second-order valence-corrected chi connectivity index (χ2v) is 9.35. The minimum Gasteiger partial charge on any atom is -0.366 e. The zero-order valence-electron chi connectivity index (χ0n) is 16.6. The number of aliphatic hydroxyl groups excluding tert-OH is 1. The Morgan fingerprint density at radius 2 is 1.85 bits per heavy atom. The molecule has 1 aliphatic rings. The molecule has 1 fully saturated rings. The zero-order valence-corrected chi connectivity index (χ0v) is 17.4. The van der Waals surface area contributed by atoms with Gasteiger partial charge >= 0.3 is 0 Å². The molecule has 8 heteroatoms. The minimum absolute atomic E-state index is 0.105. The largest absolute Gasteiger partial charge is 0.366 e. The van der Waals surface area contributed by atoms with E-state index in [1.54, 1.807) is 13.8 Å². The highest BCUT2D eigenvalue weighted by atomic mass is 32.2. The van der Waals surface area contributed by atoms with Crippen LogP contribution in [0.1, 0.15) is 43.4 Å². The number of nitrogens with one attached hydrogen (secondary N) is 2. The van der Waals surface area contributed by atoms with Crippen LogP contribution in [-0.2, 0) is 19.6 Å². The van der Waals surface area contributed by atoms with Gasteiger partial charge in [0.15, 0.2) is 6.29 Å². The van der Waals surface area contributed by atoms with Crippen molar-refractivity contribution in [3.05, 3.63) is 28.8 Å². The van der Waals surface area contributed by atoms with E-state index >= 15 is 0 Å². The molecule has 1 amide bonds.